The van der Waals surface area contributed by atoms with Crippen LogP contribution in [0.25, 0.3) is 0 Å². The second-order valence-corrected chi connectivity index (χ2v) is 4.69. The molecule has 0 bridgehead atoms. The highest BCUT2D eigenvalue weighted by molar-refractivity contribution is 7.07. The summed E-state index contributed by atoms with van der Waals surface area (Å²) < 4.78 is 0. The highest BCUT2D eigenvalue weighted by atomic mass is 32.1. The average Bonchev–Trinajstić information content (AvgIpc) is 2.82. The summed E-state index contributed by atoms with van der Waals surface area (Å²) in [5, 5.41) is 12.0. The Hall–Kier alpha value is -1.40. The lowest BCUT2D eigenvalue weighted by molar-refractivity contribution is -0.121. The zero-order valence-corrected chi connectivity index (χ0v) is 11.5. The van der Waals surface area contributed by atoms with Gasteiger partial charge in [0.05, 0.1) is 6.04 Å². The number of thiophene rings is 1. The molecule has 5 nitrogen and oxygen atoms in total. The van der Waals surface area contributed by atoms with Crippen LogP contribution >= 0.6 is 11.3 Å². The number of rotatable bonds is 6. The first-order chi connectivity index (χ1) is 8.63. The number of hydrogen-bond donors (Lipinski definition) is 3. The summed E-state index contributed by atoms with van der Waals surface area (Å²) in [6.07, 6.45) is 0.877. The van der Waals surface area contributed by atoms with Gasteiger partial charge in [0.2, 0.25) is 5.91 Å². The van der Waals surface area contributed by atoms with Crippen LogP contribution in [-0.2, 0) is 11.2 Å². The minimum Gasteiger partial charge on any atom is -0.338 e. The first-order valence-electron chi connectivity index (χ1n) is 5.96. The summed E-state index contributed by atoms with van der Waals surface area (Å²) in [5.74, 6) is -0.314. The minimum absolute atomic E-state index is 0.314. The molecule has 0 radical (unpaired) electrons. The zero-order valence-electron chi connectivity index (χ0n) is 10.7. The quantitative estimate of drug-likeness (QED) is 0.724. The summed E-state index contributed by atoms with van der Waals surface area (Å²) in [7, 11) is 0. The predicted molar refractivity (Wildman–Crippen MR) is 72.7 cm³/mol. The van der Waals surface area contributed by atoms with Gasteiger partial charge in [0.25, 0.3) is 0 Å². The van der Waals surface area contributed by atoms with E-state index in [1.165, 1.54) is 5.56 Å². The fourth-order valence-corrected chi connectivity index (χ4v) is 2.09. The van der Waals surface area contributed by atoms with E-state index in [0.717, 1.165) is 6.42 Å². The molecule has 1 aromatic heterocycles. The second-order valence-electron chi connectivity index (χ2n) is 3.91. The molecule has 1 rings (SSSR count). The monoisotopic (exact) mass is 269 g/mol. The topological polar surface area (TPSA) is 70.2 Å². The molecular weight excluding hydrogens is 250 g/mol. The Morgan fingerprint density at radius 1 is 1.44 bits per heavy atom. The molecule has 1 heterocycles. The van der Waals surface area contributed by atoms with E-state index in [9.17, 15) is 9.59 Å². The van der Waals surface area contributed by atoms with Crippen molar-refractivity contribution in [2.24, 2.45) is 0 Å². The molecule has 18 heavy (non-hydrogen) atoms. The number of carbonyl (C=O) groups is 2. The third kappa shape index (κ3) is 5.29. The van der Waals surface area contributed by atoms with Crippen LogP contribution in [0.3, 0.4) is 0 Å². The summed E-state index contributed by atoms with van der Waals surface area (Å²) >= 11 is 1.66. The molecule has 0 spiro atoms. The molecule has 1 aromatic rings. The summed E-state index contributed by atoms with van der Waals surface area (Å²) in [6.45, 7) is 4.74. The van der Waals surface area contributed by atoms with E-state index in [-0.39, 0.29) is 11.9 Å². The number of urea groups is 1. The van der Waals surface area contributed by atoms with Gasteiger partial charge in [0.1, 0.15) is 0 Å². The lowest BCUT2D eigenvalue weighted by atomic mass is 10.2. The van der Waals surface area contributed by atoms with Crippen molar-refractivity contribution >= 4 is 23.3 Å². The first kappa shape index (κ1) is 14.7. The lowest BCUT2D eigenvalue weighted by Crippen LogP contribution is -2.48. The Morgan fingerprint density at radius 3 is 2.83 bits per heavy atom. The van der Waals surface area contributed by atoms with Crippen LogP contribution in [0.2, 0.25) is 0 Å². The van der Waals surface area contributed by atoms with Crippen LogP contribution in [0.4, 0.5) is 4.79 Å². The fourth-order valence-electron chi connectivity index (χ4n) is 1.39. The average molecular weight is 269 g/mol. The first-order valence-corrected chi connectivity index (χ1v) is 6.91. The molecule has 3 amide bonds. The number of amides is 3. The number of imide groups is 1. The molecule has 0 saturated carbocycles. The minimum atomic E-state index is -0.450. The van der Waals surface area contributed by atoms with Crippen molar-refractivity contribution in [2.45, 2.75) is 26.3 Å². The van der Waals surface area contributed by atoms with Gasteiger partial charge in [0.15, 0.2) is 0 Å². The van der Waals surface area contributed by atoms with Crippen molar-refractivity contribution in [3.8, 4) is 0 Å². The van der Waals surface area contributed by atoms with Crippen LogP contribution in [0.1, 0.15) is 19.4 Å². The van der Waals surface area contributed by atoms with E-state index in [1.54, 1.807) is 25.2 Å². The van der Waals surface area contributed by atoms with Gasteiger partial charge in [-0.05, 0) is 49.2 Å². The van der Waals surface area contributed by atoms with Crippen LogP contribution < -0.4 is 16.0 Å². The molecule has 0 aliphatic rings. The number of carbonyl (C=O) groups excluding carboxylic acids is 2. The van der Waals surface area contributed by atoms with Gasteiger partial charge in [0, 0.05) is 6.54 Å². The molecule has 0 fully saturated rings. The predicted octanol–water partition coefficient (Wildman–Crippen LogP) is 1.11. The fraction of sp³-hybridized carbons (Fsp3) is 0.500. The zero-order chi connectivity index (χ0) is 13.4. The molecule has 0 aliphatic carbocycles. The van der Waals surface area contributed by atoms with Crippen molar-refractivity contribution < 1.29 is 9.59 Å². The van der Waals surface area contributed by atoms with E-state index >= 15 is 0 Å². The van der Waals surface area contributed by atoms with E-state index in [2.05, 4.69) is 27.4 Å². The molecule has 0 aromatic carbocycles. The van der Waals surface area contributed by atoms with Crippen LogP contribution in [0.15, 0.2) is 16.8 Å². The largest absolute Gasteiger partial charge is 0.338 e. The summed E-state index contributed by atoms with van der Waals surface area (Å²) in [6, 6.07) is 1.23. The van der Waals surface area contributed by atoms with Gasteiger partial charge in [-0.2, -0.15) is 11.3 Å². The van der Waals surface area contributed by atoms with Crippen molar-refractivity contribution in [1.29, 1.82) is 0 Å². The van der Waals surface area contributed by atoms with Gasteiger partial charge in [-0.1, -0.05) is 0 Å². The Balaban J connectivity index is 2.21. The lowest BCUT2D eigenvalue weighted by Gasteiger charge is -2.13. The van der Waals surface area contributed by atoms with Crippen LogP contribution in [0.5, 0.6) is 0 Å². The smallest absolute Gasteiger partial charge is 0.321 e. The molecule has 3 N–H and O–H groups in total. The number of hydrogen-bond acceptors (Lipinski definition) is 4. The summed E-state index contributed by atoms with van der Waals surface area (Å²) in [4.78, 5) is 22.7. The van der Waals surface area contributed by atoms with E-state index in [4.69, 9.17) is 0 Å². The normalized spacial score (nSPS) is 11.9. The van der Waals surface area contributed by atoms with Crippen molar-refractivity contribution in [1.82, 2.24) is 16.0 Å². The Bertz CT molecular complexity index is 379. The van der Waals surface area contributed by atoms with E-state index in [0.29, 0.717) is 13.1 Å². The highest BCUT2D eigenvalue weighted by Crippen LogP contribution is 2.05. The van der Waals surface area contributed by atoms with Crippen molar-refractivity contribution in [2.75, 3.05) is 13.1 Å². The van der Waals surface area contributed by atoms with Crippen LogP contribution in [-0.4, -0.2) is 31.1 Å². The van der Waals surface area contributed by atoms with Crippen molar-refractivity contribution in [3.63, 3.8) is 0 Å². The molecular formula is C12H19N3O2S. The standard InChI is InChI=1S/C12H19N3O2S/c1-3-13-12(17)15-11(16)9(2)14-6-4-10-5-7-18-8-10/h5,7-9,14H,3-4,6H2,1-2H3,(H2,13,15,16,17). The van der Waals surface area contributed by atoms with Gasteiger partial charge in [-0.3, -0.25) is 10.1 Å². The summed E-state index contributed by atoms with van der Waals surface area (Å²) in [5.41, 5.74) is 1.25. The SMILES string of the molecule is CCNC(=O)NC(=O)C(C)NCCc1ccsc1. The van der Waals surface area contributed by atoms with Crippen LogP contribution in [0, 0.1) is 0 Å². The molecule has 6 heteroatoms. The van der Waals surface area contributed by atoms with Gasteiger partial charge in [-0.25, -0.2) is 4.79 Å². The Morgan fingerprint density at radius 2 is 2.22 bits per heavy atom. The third-order valence-electron chi connectivity index (χ3n) is 2.41. The number of nitrogens with one attached hydrogen (secondary N) is 3. The van der Waals surface area contributed by atoms with Gasteiger partial charge < -0.3 is 10.6 Å². The Kier molecular flexibility index (Phi) is 6.38. The molecule has 100 valence electrons. The Labute approximate surface area is 111 Å². The molecule has 1 atom stereocenters. The van der Waals surface area contributed by atoms with Crippen molar-refractivity contribution in [3.05, 3.63) is 22.4 Å². The molecule has 0 aliphatic heterocycles. The van der Waals surface area contributed by atoms with E-state index in [1.807, 2.05) is 5.38 Å². The van der Waals surface area contributed by atoms with E-state index < -0.39 is 6.03 Å². The van der Waals surface area contributed by atoms with Gasteiger partial charge in [-0.15, -0.1) is 0 Å². The maximum absolute atomic E-state index is 11.6. The third-order valence-corrected chi connectivity index (χ3v) is 3.14. The highest BCUT2D eigenvalue weighted by Gasteiger charge is 2.14. The maximum Gasteiger partial charge on any atom is 0.321 e. The second kappa shape index (κ2) is 7.84. The maximum atomic E-state index is 11.6. The molecule has 1 unspecified atom stereocenters. The molecule has 0 saturated heterocycles. The van der Waals surface area contributed by atoms with Gasteiger partial charge >= 0.3 is 6.03 Å².